The number of nitrogens with one attached hydrogen (secondary N) is 2. The average molecular weight is 372 g/mol. The van der Waals surface area contributed by atoms with Crippen LogP contribution < -0.4 is 15.4 Å². The standard InChI is InChI=1S/C14H11Cl2N3O3S/c1-22-13-5-2-8(15)6-11(13)18-14(23)17-9-3-4-10(16)12(7-9)19(20)21/h2-7H,1H3,(H2,17,18,23). The lowest BCUT2D eigenvalue weighted by Gasteiger charge is -2.13. The summed E-state index contributed by atoms with van der Waals surface area (Å²) in [4.78, 5) is 10.3. The molecule has 0 amide bonds. The first kappa shape index (κ1) is 17.3. The summed E-state index contributed by atoms with van der Waals surface area (Å²) >= 11 is 16.9. The van der Waals surface area contributed by atoms with E-state index >= 15 is 0 Å². The van der Waals surface area contributed by atoms with Crippen LogP contribution in [0.3, 0.4) is 0 Å². The van der Waals surface area contributed by atoms with Gasteiger partial charge < -0.3 is 15.4 Å². The Morgan fingerprint density at radius 2 is 1.96 bits per heavy atom. The lowest BCUT2D eigenvalue weighted by molar-refractivity contribution is -0.384. The second-order valence-electron chi connectivity index (χ2n) is 4.35. The minimum atomic E-state index is -0.565. The molecule has 6 nitrogen and oxygen atoms in total. The molecule has 0 bridgehead atoms. The third kappa shape index (κ3) is 4.44. The molecule has 0 heterocycles. The topological polar surface area (TPSA) is 76.4 Å². The number of rotatable bonds is 4. The van der Waals surface area contributed by atoms with E-state index in [9.17, 15) is 10.1 Å². The molecule has 2 aromatic carbocycles. The monoisotopic (exact) mass is 371 g/mol. The Morgan fingerprint density at radius 1 is 1.22 bits per heavy atom. The van der Waals surface area contributed by atoms with Crippen LogP contribution >= 0.6 is 35.4 Å². The van der Waals surface area contributed by atoms with Crippen molar-refractivity contribution in [2.24, 2.45) is 0 Å². The molecular weight excluding hydrogens is 361 g/mol. The number of hydrogen-bond donors (Lipinski definition) is 2. The Bertz CT molecular complexity index is 771. The highest BCUT2D eigenvalue weighted by Gasteiger charge is 2.13. The fourth-order valence-electron chi connectivity index (χ4n) is 1.79. The highest BCUT2D eigenvalue weighted by Crippen LogP contribution is 2.29. The summed E-state index contributed by atoms with van der Waals surface area (Å²) in [5.41, 5.74) is 0.792. The zero-order chi connectivity index (χ0) is 17.0. The van der Waals surface area contributed by atoms with Crippen molar-refractivity contribution >= 4 is 57.6 Å². The predicted molar refractivity (Wildman–Crippen MR) is 96.0 cm³/mol. The molecular formula is C14H11Cl2N3O3S. The smallest absolute Gasteiger partial charge is 0.289 e. The van der Waals surface area contributed by atoms with E-state index in [-0.39, 0.29) is 15.8 Å². The molecule has 0 fully saturated rings. The maximum atomic E-state index is 10.9. The molecule has 0 saturated heterocycles. The number of nitrogens with zero attached hydrogens (tertiary/aromatic N) is 1. The zero-order valence-electron chi connectivity index (χ0n) is 11.8. The second kappa shape index (κ2) is 7.45. The zero-order valence-corrected chi connectivity index (χ0v) is 14.1. The molecule has 2 aromatic rings. The summed E-state index contributed by atoms with van der Waals surface area (Å²) in [6.07, 6.45) is 0. The molecule has 0 aliphatic rings. The number of ether oxygens (including phenoxy) is 1. The Kier molecular flexibility index (Phi) is 5.59. The molecule has 0 aliphatic carbocycles. The number of nitro groups is 1. The van der Waals surface area contributed by atoms with Crippen molar-refractivity contribution in [3.8, 4) is 5.75 Å². The van der Waals surface area contributed by atoms with E-state index < -0.39 is 4.92 Å². The Hall–Kier alpha value is -2.09. The van der Waals surface area contributed by atoms with E-state index in [1.165, 1.54) is 19.2 Å². The quantitative estimate of drug-likeness (QED) is 0.460. The highest BCUT2D eigenvalue weighted by atomic mass is 35.5. The van der Waals surface area contributed by atoms with E-state index in [1.54, 1.807) is 24.3 Å². The van der Waals surface area contributed by atoms with Crippen molar-refractivity contribution in [3.63, 3.8) is 0 Å². The van der Waals surface area contributed by atoms with Gasteiger partial charge in [0, 0.05) is 16.8 Å². The van der Waals surface area contributed by atoms with Crippen molar-refractivity contribution in [1.82, 2.24) is 0 Å². The van der Waals surface area contributed by atoms with E-state index in [0.717, 1.165) is 0 Å². The summed E-state index contributed by atoms with van der Waals surface area (Å²) in [5.74, 6) is 0.556. The molecule has 23 heavy (non-hydrogen) atoms. The van der Waals surface area contributed by atoms with Crippen LogP contribution in [0.15, 0.2) is 36.4 Å². The molecule has 0 aliphatic heterocycles. The minimum Gasteiger partial charge on any atom is -0.495 e. The van der Waals surface area contributed by atoms with Crippen LogP contribution in [-0.4, -0.2) is 17.1 Å². The van der Waals surface area contributed by atoms with Crippen LogP contribution in [-0.2, 0) is 0 Å². The van der Waals surface area contributed by atoms with Crippen LogP contribution in [0.1, 0.15) is 0 Å². The van der Waals surface area contributed by atoms with Gasteiger partial charge in [-0.2, -0.15) is 0 Å². The fraction of sp³-hybridized carbons (Fsp3) is 0.0714. The Labute approximate surface area is 147 Å². The molecule has 2 rings (SSSR count). The lowest BCUT2D eigenvalue weighted by atomic mass is 10.3. The van der Waals surface area contributed by atoms with E-state index in [0.29, 0.717) is 22.1 Å². The van der Waals surface area contributed by atoms with Gasteiger partial charge >= 0.3 is 0 Å². The van der Waals surface area contributed by atoms with Gasteiger partial charge in [0.15, 0.2) is 5.11 Å². The normalized spacial score (nSPS) is 10.0. The summed E-state index contributed by atoms with van der Waals surface area (Å²) < 4.78 is 5.20. The largest absolute Gasteiger partial charge is 0.495 e. The SMILES string of the molecule is COc1ccc(Cl)cc1NC(=S)Nc1ccc(Cl)c([N+](=O)[O-])c1. The highest BCUT2D eigenvalue weighted by molar-refractivity contribution is 7.80. The summed E-state index contributed by atoms with van der Waals surface area (Å²) in [6, 6.07) is 9.33. The third-order valence-corrected chi connectivity index (χ3v) is 3.57. The third-order valence-electron chi connectivity index (χ3n) is 2.81. The van der Waals surface area contributed by atoms with Gasteiger partial charge in [0.25, 0.3) is 5.69 Å². The summed E-state index contributed by atoms with van der Waals surface area (Å²) in [5, 5.41) is 17.4. The molecule has 120 valence electrons. The van der Waals surface area contributed by atoms with Crippen molar-refractivity contribution < 1.29 is 9.66 Å². The number of hydrogen-bond acceptors (Lipinski definition) is 4. The van der Waals surface area contributed by atoms with E-state index in [2.05, 4.69) is 10.6 Å². The van der Waals surface area contributed by atoms with Gasteiger partial charge in [0.1, 0.15) is 10.8 Å². The van der Waals surface area contributed by atoms with Crippen molar-refractivity contribution in [3.05, 3.63) is 56.6 Å². The number of methoxy groups -OCH3 is 1. The Balaban J connectivity index is 2.16. The lowest BCUT2D eigenvalue weighted by Crippen LogP contribution is -2.19. The number of thiocarbonyl (C=S) groups is 1. The fourth-order valence-corrected chi connectivity index (χ4v) is 2.38. The predicted octanol–water partition coefficient (Wildman–Crippen LogP) is 4.72. The molecule has 0 aromatic heterocycles. The molecule has 0 spiro atoms. The molecule has 2 N–H and O–H groups in total. The molecule has 0 saturated carbocycles. The second-order valence-corrected chi connectivity index (χ2v) is 5.60. The number of benzene rings is 2. The molecule has 9 heteroatoms. The number of nitro benzene ring substituents is 1. The van der Waals surface area contributed by atoms with Gasteiger partial charge in [-0.1, -0.05) is 23.2 Å². The maximum Gasteiger partial charge on any atom is 0.289 e. The van der Waals surface area contributed by atoms with Gasteiger partial charge in [0.2, 0.25) is 0 Å². The van der Waals surface area contributed by atoms with Crippen LogP contribution in [0.2, 0.25) is 10.0 Å². The van der Waals surface area contributed by atoms with Crippen LogP contribution in [0.4, 0.5) is 17.1 Å². The van der Waals surface area contributed by atoms with Gasteiger partial charge in [-0.15, -0.1) is 0 Å². The van der Waals surface area contributed by atoms with Crippen LogP contribution in [0.25, 0.3) is 0 Å². The van der Waals surface area contributed by atoms with Crippen molar-refractivity contribution in [1.29, 1.82) is 0 Å². The molecule has 0 atom stereocenters. The first-order valence-corrected chi connectivity index (χ1v) is 7.42. The van der Waals surface area contributed by atoms with Gasteiger partial charge in [-0.25, -0.2) is 0 Å². The van der Waals surface area contributed by atoms with Crippen LogP contribution in [0.5, 0.6) is 5.75 Å². The minimum absolute atomic E-state index is 0.0518. The van der Waals surface area contributed by atoms with Crippen molar-refractivity contribution in [2.75, 3.05) is 17.7 Å². The van der Waals surface area contributed by atoms with Crippen LogP contribution in [0, 0.1) is 10.1 Å². The first-order chi connectivity index (χ1) is 10.9. The van der Waals surface area contributed by atoms with Gasteiger partial charge in [0.05, 0.1) is 17.7 Å². The first-order valence-electron chi connectivity index (χ1n) is 6.26. The number of anilines is 2. The van der Waals surface area contributed by atoms with Gasteiger partial charge in [-0.3, -0.25) is 10.1 Å². The van der Waals surface area contributed by atoms with Gasteiger partial charge in [-0.05, 0) is 42.5 Å². The Morgan fingerprint density at radius 3 is 2.61 bits per heavy atom. The summed E-state index contributed by atoms with van der Waals surface area (Å²) in [6.45, 7) is 0. The molecule has 0 radical (unpaired) electrons. The summed E-state index contributed by atoms with van der Waals surface area (Å²) in [7, 11) is 1.52. The van der Waals surface area contributed by atoms with Crippen molar-refractivity contribution in [2.45, 2.75) is 0 Å². The maximum absolute atomic E-state index is 10.9. The average Bonchev–Trinajstić information content (AvgIpc) is 2.49. The van der Waals surface area contributed by atoms with E-state index in [1.807, 2.05) is 0 Å². The number of halogens is 2. The van der Waals surface area contributed by atoms with E-state index in [4.69, 9.17) is 40.2 Å². The molecule has 0 unspecified atom stereocenters.